The van der Waals surface area contributed by atoms with E-state index in [9.17, 15) is 14.0 Å². The summed E-state index contributed by atoms with van der Waals surface area (Å²) in [6.45, 7) is 3.30. The minimum atomic E-state index is -0.639. The average Bonchev–Trinajstić information content (AvgIpc) is 3.14. The Morgan fingerprint density at radius 2 is 1.81 bits per heavy atom. The zero-order valence-electron chi connectivity index (χ0n) is 14.1. The molecule has 0 saturated carbocycles. The molecule has 136 valence electrons. The molecule has 0 aliphatic carbocycles. The van der Waals surface area contributed by atoms with Crippen molar-refractivity contribution in [1.29, 1.82) is 0 Å². The SMILES string of the molecule is C=CC(=O)Nc1cc(NC(=O)c2ccc(Oc3ccccc3)o2)ccc1F. The number of amides is 2. The first-order chi connectivity index (χ1) is 13.0. The molecule has 0 fully saturated rings. The number of benzene rings is 2. The van der Waals surface area contributed by atoms with Crippen molar-refractivity contribution in [2.45, 2.75) is 0 Å². The van der Waals surface area contributed by atoms with Crippen LogP contribution in [0.25, 0.3) is 0 Å². The highest BCUT2D eigenvalue weighted by Gasteiger charge is 2.14. The summed E-state index contributed by atoms with van der Waals surface area (Å²) in [5.41, 5.74) is 0.202. The lowest BCUT2D eigenvalue weighted by Gasteiger charge is -2.08. The van der Waals surface area contributed by atoms with Gasteiger partial charge in [0.25, 0.3) is 11.9 Å². The molecule has 0 spiro atoms. The van der Waals surface area contributed by atoms with Crippen LogP contribution in [0.5, 0.6) is 11.7 Å². The van der Waals surface area contributed by atoms with Crippen LogP contribution in [0.2, 0.25) is 0 Å². The van der Waals surface area contributed by atoms with Gasteiger partial charge in [-0.2, -0.15) is 0 Å². The second-order valence-corrected chi connectivity index (χ2v) is 5.38. The molecular formula is C20H15FN2O4. The molecule has 0 saturated heterocycles. The fourth-order valence-electron chi connectivity index (χ4n) is 2.18. The quantitative estimate of drug-likeness (QED) is 0.626. The lowest BCUT2D eigenvalue weighted by atomic mass is 10.2. The molecular weight excluding hydrogens is 351 g/mol. The summed E-state index contributed by atoms with van der Waals surface area (Å²) in [7, 11) is 0. The maximum Gasteiger partial charge on any atom is 0.291 e. The standard InChI is InChI=1S/C20H15FN2O4/c1-2-18(24)23-16-12-13(8-9-15(16)21)22-20(25)17-10-11-19(27-17)26-14-6-4-3-5-7-14/h2-12H,1H2,(H,22,25)(H,23,24). The van der Waals surface area contributed by atoms with Gasteiger partial charge in [-0.1, -0.05) is 24.8 Å². The van der Waals surface area contributed by atoms with Crippen molar-refractivity contribution in [3.63, 3.8) is 0 Å². The van der Waals surface area contributed by atoms with E-state index in [2.05, 4.69) is 17.2 Å². The third-order valence-electron chi connectivity index (χ3n) is 3.43. The minimum Gasteiger partial charge on any atom is -0.426 e. The van der Waals surface area contributed by atoms with Crippen LogP contribution in [0.1, 0.15) is 10.6 Å². The molecule has 6 nitrogen and oxygen atoms in total. The number of nitrogens with one attached hydrogen (secondary N) is 2. The molecule has 2 amide bonds. The first-order valence-electron chi connectivity index (χ1n) is 7.92. The van der Waals surface area contributed by atoms with Gasteiger partial charge in [0.1, 0.15) is 11.6 Å². The molecule has 3 rings (SSSR count). The fourth-order valence-corrected chi connectivity index (χ4v) is 2.18. The number of furan rings is 1. The van der Waals surface area contributed by atoms with Crippen molar-refractivity contribution >= 4 is 23.2 Å². The highest BCUT2D eigenvalue weighted by molar-refractivity contribution is 6.03. The van der Waals surface area contributed by atoms with E-state index in [0.717, 1.165) is 12.1 Å². The number of hydrogen-bond acceptors (Lipinski definition) is 4. The predicted molar refractivity (Wildman–Crippen MR) is 98.4 cm³/mol. The van der Waals surface area contributed by atoms with Crippen LogP contribution >= 0.6 is 0 Å². The van der Waals surface area contributed by atoms with Gasteiger partial charge in [0.15, 0.2) is 5.76 Å². The topological polar surface area (TPSA) is 80.6 Å². The van der Waals surface area contributed by atoms with Crippen LogP contribution in [0, 0.1) is 5.82 Å². The Morgan fingerprint density at radius 3 is 2.56 bits per heavy atom. The zero-order valence-corrected chi connectivity index (χ0v) is 14.1. The van der Waals surface area contributed by atoms with E-state index >= 15 is 0 Å². The summed E-state index contributed by atoms with van der Waals surface area (Å²) in [6, 6.07) is 15.7. The van der Waals surface area contributed by atoms with E-state index in [1.165, 1.54) is 24.3 Å². The van der Waals surface area contributed by atoms with Gasteiger partial charge in [-0.3, -0.25) is 9.59 Å². The first-order valence-corrected chi connectivity index (χ1v) is 7.92. The lowest BCUT2D eigenvalue weighted by Crippen LogP contribution is -2.13. The van der Waals surface area contributed by atoms with Gasteiger partial charge >= 0.3 is 0 Å². The molecule has 3 aromatic rings. The molecule has 0 bridgehead atoms. The highest BCUT2D eigenvalue weighted by Crippen LogP contribution is 2.25. The first kappa shape index (κ1) is 17.9. The second kappa shape index (κ2) is 8.01. The van der Waals surface area contributed by atoms with E-state index in [1.54, 1.807) is 12.1 Å². The average molecular weight is 366 g/mol. The van der Waals surface area contributed by atoms with Crippen molar-refractivity contribution in [1.82, 2.24) is 0 Å². The van der Waals surface area contributed by atoms with Gasteiger partial charge in [-0.15, -0.1) is 0 Å². The molecule has 1 aromatic heterocycles. The van der Waals surface area contributed by atoms with Crippen molar-refractivity contribution < 1.29 is 23.1 Å². The van der Waals surface area contributed by atoms with Crippen LogP contribution < -0.4 is 15.4 Å². The normalized spacial score (nSPS) is 10.1. The number of halogens is 1. The molecule has 7 heteroatoms. The van der Waals surface area contributed by atoms with E-state index in [-0.39, 0.29) is 23.1 Å². The van der Waals surface area contributed by atoms with Gasteiger partial charge in [-0.05, 0) is 42.5 Å². The number of carbonyl (C=O) groups is 2. The molecule has 2 N–H and O–H groups in total. The number of rotatable bonds is 6. The van der Waals surface area contributed by atoms with Crippen molar-refractivity contribution in [3.8, 4) is 11.7 Å². The molecule has 1 heterocycles. The summed E-state index contributed by atoms with van der Waals surface area (Å²) in [6.07, 6.45) is 1.02. The van der Waals surface area contributed by atoms with Gasteiger partial charge < -0.3 is 19.8 Å². The Hall–Kier alpha value is -3.87. The number of anilines is 2. The van der Waals surface area contributed by atoms with Gasteiger partial charge in [0.05, 0.1) is 5.69 Å². The monoisotopic (exact) mass is 366 g/mol. The Kier molecular flexibility index (Phi) is 5.32. The Balaban J connectivity index is 1.69. The fraction of sp³-hybridized carbons (Fsp3) is 0. The lowest BCUT2D eigenvalue weighted by molar-refractivity contribution is -0.111. The highest BCUT2D eigenvalue weighted by atomic mass is 19.1. The Labute approximate surface area is 154 Å². The maximum absolute atomic E-state index is 13.7. The van der Waals surface area contributed by atoms with Gasteiger partial charge in [0, 0.05) is 11.8 Å². The third kappa shape index (κ3) is 4.60. The number of ether oxygens (including phenoxy) is 1. The predicted octanol–water partition coefficient (Wildman–Crippen LogP) is 4.59. The molecule has 0 radical (unpaired) electrons. The van der Waals surface area contributed by atoms with E-state index in [1.807, 2.05) is 18.2 Å². The van der Waals surface area contributed by atoms with Crippen LogP contribution in [0.4, 0.5) is 15.8 Å². The van der Waals surface area contributed by atoms with Crippen molar-refractivity contribution in [3.05, 3.63) is 84.9 Å². The zero-order chi connectivity index (χ0) is 19.2. The van der Waals surface area contributed by atoms with Crippen LogP contribution in [0.15, 0.2) is 77.7 Å². The molecule has 0 atom stereocenters. The molecule has 27 heavy (non-hydrogen) atoms. The third-order valence-corrected chi connectivity index (χ3v) is 3.43. The van der Waals surface area contributed by atoms with Crippen molar-refractivity contribution in [2.24, 2.45) is 0 Å². The van der Waals surface area contributed by atoms with Crippen LogP contribution in [-0.4, -0.2) is 11.8 Å². The smallest absolute Gasteiger partial charge is 0.291 e. The summed E-state index contributed by atoms with van der Waals surface area (Å²) in [4.78, 5) is 23.6. The molecule has 2 aromatic carbocycles. The largest absolute Gasteiger partial charge is 0.426 e. The summed E-state index contributed by atoms with van der Waals surface area (Å²) in [5, 5.41) is 4.88. The molecule has 0 unspecified atom stereocenters. The summed E-state index contributed by atoms with van der Waals surface area (Å²) < 4.78 is 24.6. The second-order valence-electron chi connectivity index (χ2n) is 5.38. The van der Waals surface area contributed by atoms with E-state index < -0.39 is 17.6 Å². The minimum absolute atomic E-state index is 0.0157. The number of carbonyl (C=O) groups excluding carboxylic acids is 2. The molecule has 0 aliphatic rings. The Bertz CT molecular complexity index is 983. The number of hydrogen-bond donors (Lipinski definition) is 2. The Morgan fingerprint density at radius 1 is 1.04 bits per heavy atom. The maximum atomic E-state index is 13.7. The van der Waals surface area contributed by atoms with Crippen molar-refractivity contribution in [2.75, 3.05) is 10.6 Å². The van der Waals surface area contributed by atoms with E-state index in [0.29, 0.717) is 5.75 Å². The number of para-hydroxylation sites is 1. The van der Waals surface area contributed by atoms with Crippen LogP contribution in [-0.2, 0) is 4.79 Å². The van der Waals surface area contributed by atoms with Gasteiger partial charge in [0.2, 0.25) is 5.91 Å². The summed E-state index contributed by atoms with van der Waals surface area (Å²) >= 11 is 0. The van der Waals surface area contributed by atoms with Crippen LogP contribution in [0.3, 0.4) is 0 Å². The summed E-state index contributed by atoms with van der Waals surface area (Å²) in [5.74, 6) is -1.01. The molecule has 0 aliphatic heterocycles. The van der Waals surface area contributed by atoms with E-state index in [4.69, 9.17) is 9.15 Å². The van der Waals surface area contributed by atoms with Gasteiger partial charge in [-0.25, -0.2) is 4.39 Å².